The minimum atomic E-state index is -1.12. The van der Waals surface area contributed by atoms with Crippen LogP contribution in [0.5, 0.6) is 0 Å². The number of ether oxygens (including phenoxy) is 1. The summed E-state index contributed by atoms with van der Waals surface area (Å²) in [6.45, 7) is -0.304. The number of nitrogens with two attached hydrogens (primary N) is 1. The zero-order chi connectivity index (χ0) is 17.7. The van der Waals surface area contributed by atoms with Crippen LogP contribution in [0.15, 0.2) is 39.9 Å². The van der Waals surface area contributed by atoms with Gasteiger partial charge in [-0.05, 0) is 12.1 Å². The predicted octanol–water partition coefficient (Wildman–Crippen LogP) is 0.0261. The monoisotopic (exact) mass is 337 g/mol. The summed E-state index contributed by atoms with van der Waals surface area (Å²) in [6, 6.07) is 4.18. The molecule has 0 saturated carbocycles. The third-order valence-electron chi connectivity index (χ3n) is 3.09. The van der Waals surface area contributed by atoms with E-state index in [1.165, 1.54) is 6.26 Å². The molecule has 0 bridgehead atoms. The first-order valence-electron chi connectivity index (χ1n) is 6.85. The molecule has 2 heterocycles. The summed E-state index contributed by atoms with van der Waals surface area (Å²) in [6.07, 6.45) is 1.29. The largest absolute Gasteiger partial charge is 0.467 e. The van der Waals surface area contributed by atoms with Crippen molar-refractivity contribution in [1.82, 2.24) is 4.57 Å². The molecule has 0 aliphatic rings. The van der Waals surface area contributed by atoms with Gasteiger partial charge in [-0.15, -0.1) is 0 Å². The topological polar surface area (TPSA) is 151 Å². The van der Waals surface area contributed by atoms with Crippen LogP contribution in [0.3, 0.4) is 0 Å². The molecule has 24 heavy (non-hydrogen) atoms. The lowest BCUT2D eigenvalue weighted by molar-refractivity contribution is -0.385. The van der Waals surface area contributed by atoms with Crippen molar-refractivity contribution in [1.29, 1.82) is 0 Å². The Morgan fingerprint density at radius 1 is 1.54 bits per heavy atom. The van der Waals surface area contributed by atoms with Crippen molar-refractivity contribution in [2.75, 3.05) is 6.61 Å². The maximum Gasteiger partial charge on any atom is 0.286 e. The third kappa shape index (κ3) is 4.27. The Labute approximate surface area is 135 Å². The van der Waals surface area contributed by atoms with E-state index in [9.17, 15) is 24.8 Å². The van der Waals surface area contributed by atoms with Gasteiger partial charge in [-0.25, -0.2) is 0 Å². The molecule has 0 aromatic carbocycles. The molecular formula is C14H15N3O7. The van der Waals surface area contributed by atoms with Gasteiger partial charge in [0.2, 0.25) is 0 Å². The summed E-state index contributed by atoms with van der Waals surface area (Å²) in [5, 5.41) is 20.8. The zero-order valence-electron chi connectivity index (χ0n) is 12.5. The molecule has 10 heteroatoms. The average Bonchev–Trinajstić information content (AvgIpc) is 3.02. The summed E-state index contributed by atoms with van der Waals surface area (Å²) in [5.41, 5.74) is 3.22. The van der Waals surface area contributed by atoms with Gasteiger partial charge in [0, 0.05) is 6.07 Å². The SMILES string of the molecule is NC(=O)c1cc([N+](=O)[O-])cn(C[C@@H](O)COCc2ccco2)c1=O. The Balaban J connectivity index is 2.08. The van der Waals surface area contributed by atoms with Crippen LogP contribution >= 0.6 is 0 Å². The number of aromatic nitrogens is 1. The molecule has 0 spiro atoms. The molecule has 0 aliphatic heterocycles. The Bertz CT molecular complexity index is 782. The van der Waals surface area contributed by atoms with Gasteiger partial charge < -0.3 is 24.6 Å². The number of nitro groups is 1. The number of hydrogen-bond donors (Lipinski definition) is 2. The summed E-state index contributed by atoms with van der Waals surface area (Å²) >= 11 is 0. The van der Waals surface area contributed by atoms with Gasteiger partial charge in [0.15, 0.2) is 0 Å². The second-order valence-electron chi connectivity index (χ2n) is 4.94. The highest BCUT2D eigenvalue weighted by atomic mass is 16.6. The molecule has 128 valence electrons. The summed E-state index contributed by atoms with van der Waals surface area (Å²) in [7, 11) is 0. The Kier molecular flexibility index (Phi) is 5.45. The number of carbonyl (C=O) groups is 1. The van der Waals surface area contributed by atoms with Crippen LogP contribution in [-0.2, 0) is 17.9 Å². The number of aliphatic hydroxyl groups is 1. The fraction of sp³-hybridized carbons (Fsp3) is 0.286. The molecule has 0 fully saturated rings. The fourth-order valence-corrected chi connectivity index (χ4v) is 2.00. The first-order chi connectivity index (χ1) is 11.4. The Morgan fingerprint density at radius 2 is 2.29 bits per heavy atom. The highest BCUT2D eigenvalue weighted by molar-refractivity contribution is 5.92. The van der Waals surface area contributed by atoms with Crippen molar-refractivity contribution in [3.63, 3.8) is 0 Å². The number of furan rings is 1. The van der Waals surface area contributed by atoms with Gasteiger partial charge in [-0.1, -0.05) is 0 Å². The van der Waals surface area contributed by atoms with Crippen LogP contribution in [0.2, 0.25) is 0 Å². The molecular weight excluding hydrogens is 322 g/mol. The van der Waals surface area contributed by atoms with E-state index in [4.69, 9.17) is 14.9 Å². The van der Waals surface area contributed by atoms with Crippen molar-refractivity contribution in [3.8, 4) is 0 Å². The molecule has 2 rings (SSSR count). The summed E-state index contributed by atoms with van der Waals surface area (Å²) in [5.74, 6) is -0.522. The first-order valence-corrected chi connectivity index (χ1v) is 6.85. The second-order valence-corrected chi connectivity index (χ2v) is 4.94. The maximum absolute atomic E-state index is 12.1. The normalized spacial score (nSPS) is 12.0. The van der Waals surface area contributed by atoms with Crippen LogP contribution in [0.1, 0.15) is 16.1 Å². The van der Waals surface area contributed by atoms with Gasteiger partial charge in [0.25, 0.3) is 17.2 Å². The molecule has 3 N–H and O–H groups in total. The number of rotatable bonds is 8. The van der Waals surface area contributed by atoms with Crippen molar-refractivity contribution < 1.29 is 24.0 Å². The number of hydrogen-bond acceptors (Lipinski definition) is 7. The molecule has 0 aliphatic carbocycles. The van der Waals surface area contributed by atoms with Gasteiger partial charge in [0.05, 0.1) is 36.6 Å². The number of pyridine rings is 1. The minimum Gasteiger partial charge on any atom is -0.467 e. The van der Waals surface area contributed by atoms with Crippen molar-refractivity contribution in [2.45, 2.75) is 19.3 Å². The van der Waals surface area contributed by atoms with E-state index in [2.05, 4.69) is 0 Å². The highest BCUT2D eigenvalue weighted by Gasteiger charge is 2.19. The molecule has 2 aromatic rings. The van der Waals surface area contributed by atoms with Crippen molar-refractivity contribution in [2.24, 2.45) is 5.73 Å². The van der Waals surface area contributed by atoms with Crippen molar-refractivity contribution >= 4 is 11.6 Å². The van der Waals surface area contributed by atoms with E-state index in [1.807, 2.05) is 0 Å². The minimum absolute atomic E-state index is 0.125. The number of nitrogens with zero attached hydrogens (tertiary/aromatic N) is 2. The molecule has 0 saturated heterocycles. The standard InChI is InChI=1S/C14H15N3O7/c15-13(19)12-4-9(17(21)22)5-16(14(12)20)6-10(18)7-23-8-11-2-1-3-24-11/h1-5,10,18H,6-8H2,(H2,15,19)/t10-/m1/s1. The summed E-state index contributed by atoms with van der Waals surface area (Å²) < 4.78 is 11.1. The smallest absolute Gasteiger partial charge is 0.286 e. The molecule has 0 radical (unpaired) electrons. The number of carbonyl (C=O) groups excluding carboxylic acids is 1. The van der Waals surface area contributed by atoms with Crippen LogP contribution in [0.4, 0.5) is 5.69 Å². The number of aliphatic hydroxyl groups excluding tert-OH is 1. The van der Waals surface area contributed by atoms with Gasteiger partial charge in [-0.3, -0.25) is 19.7 Å². The molecule has 1 amide bonds. The lowest BCUT2D eigenvalue weighted by Gasteiger charge is -2.13. The van der Waals surface area contributed by atoms with Gasteiger partial charge in [0.1, 0.15) is 17.9 Å². The van der Waals surface area contributed by atoms with Crippen molar-refractivity contribution in [3.05, 3.63) is 62.5 Å². The second kappa shape index (κ2) is 7.53. The van der Waals surface area contributed by atoms with Gasteiger partial charge >= 0.3 is 0 Å². The van der Waals surface area contributed by atoms with E-state index < -0.39 is 33.7 Å². The van der Waals surface area contributed by atoms with E-state index in [-0.39, 0.29) is 19.8 Å². The highest BCUT2D eigenvalue weighted by Crippen LogP contribution is 2.11. The van der Waals surface area contributed by atoms with E-state index >= 15 is 0 Å². The first kappa shape index (κ1) is 17.4. The third-order valence-corrected chi connectivity index (χ3v) is 3.09. The molecule has 10 nitrogen and oxygen atoms in total. The number of amides is 1. The molecule has 0 unspecified atom stereocenters. The van der Waals surface area contributed by atoms with E-state index in [0.29, 0.717) is 5.76 Å². The Hall–Kier alpha value is -2.98. The zero-order valence-corrected chi connectivity index (χ0v) is 12.5. The van der Waals surface area contributed by atoms with E-state index in [0.717, 1.165) is 16.8 Å². The maximum atomic E-state index is 12.1. The van der Waals surface area contributed by atoms with Crippen LogP contribution in [0.25, 0.3) is 0 Å². The lowest BCUT2D eigenvalue weighted by Crippen LogP contribution is -2.34. The van der Waals surface area contributed by atoms with Crippen LogP contribution in [0, 0.1) is 10.1 Å². The molecule has 2 aromatic heterocycles. The Morgan fingerprint density at radius 3 is 2.88 bits per heavy atom. The molecule has 1 atom stereocenters. The number of primary amides is 1. The average molecular weight is 337 g/mol. The van der Waals surface area contributed by atoms with E-state index in [1.54, 1.807) is 12.1 Å². The van der Waals surface area contributed by atoms with Crippen LogP contribution < -0.4 is 11.3 Å². The summed E-state index contributed by atoms with van der Waals surface area (Å²) in [4.78, 5) is 33.4. The quantitative estimate of drug-likeness (QED) is 0.509. The predicted molar refractivity (Wildman–Crippen MR) is 80.2 cm³/mol. The van der Waals surface area contributed by atoms with Crippen LogP contribution in [-0.4, -0.2) is 33.2 Å². The fourth-order valence-electron chi connectivity index (χ4n) is 2.00. The lowest BCUT2D eigenvalue weighted by atomic mass is 10.2. The van der Waals surface area contributed by atoms with Gasteiger partial charge in [-0.2, -0.15) is 0 Å².